The maximum absolute atomic E-state index is 12.4. The van der Waals surface area contributed by atoms with Crippen molar-refractivity contribution >= 4 is 16.9 Å². The molecule has 0 spiro atoms. The van der Waals surface area contributed by atoms with Gasteiger partial charge in [0.05, 0.1) is 29.3 Å². The molecule has 104 valence electrons. The van der Waals surface area contributed by atoms with E-state index >= 15 is 0 Å². The van der Waals surface area contributed by atoms with Gasteiger partial charge in [0.25, 0.3) is 5.56 Å². The van der Waals surface area contributed by atoms with Crippen LogP contribution in [0.1, 0.15) is 15.9 Å². The van der Waals surface area contributed by atoms with Gasteiger partial charge in [0, 0.05) is 12.4 Å². The van der Waals surface area contributed by atoms with Crippen molar-refractivity contribution in [2.24, 2.45) is 0 Å². The Labute approximate surface area is 119 Å². The normalized spacial score (nSPS) is 10.7. The minimum atomic E-state index is -1.04. The largest absolute Gasteiger partial charge is 0.478 e. The molecule has 0 fully saturated rings. The summed E-state index contributed by atoms with van der Waals surface area (Å²) in [6, 6.07) is 7.97. The van der Waals surface area contributed by atoms with Crippen molar-refractivity contribution < 1.29 is 9.90 Å². The molecule has 0 radical (unpaired) electrons. The minimum Gasteiger partial charge on any atom is -0.478 e. The fourth-order valence-electron chi connectivity index (χ4n) is 2.09. The molecule has 6 heteroatoms. The second kappa shape index (κ2) is 5.16. The van der Waals surface area contributed by atoms with Gasteiger partial charge >= 0.3 is 5.97 Å². The van der Waals surface area contributed by atoms with Crippen molar-refractivity contribution in [2.75, 3.05) is 0 Å². The summed E-state index contributed by atoms with van der Waals surface area (Å²) in [4.78, 5) is 31.5. The maximum Gasteiger partial charge on any atom is 0.335 e. The van der Waals surface area contributed by atoms with Gasteiger partial charge in [-0.05, 0) is 29.8 Å². The van der Waals surface area contributed by atoms with E-state index < -0.39 is 5.97 Å². The Balaban J connectivity index is 2.06. The van der Waals surface area contributed by atoms with Crippen LogP contribution in [0.5, 0.6) is 0 Å². The zero-order valence-corrected chi connectivity index (χ0v) is 10.9. The lowest BCUT2D eigenvalue weighted by Gasteiger charge is -2.06. The van der Waals surface area contributed by atoms with Gasteiger partial charge in [0.1, 0.15) is 0 Å². The van der Waals surface area contributed by atoms with E-state index in [0.29, 0.717) is 17.4 Å². The van der Waals surface area contributed by atoms with E-state index in [1.54, 1.807) is 18.5 Å². The standard InChI is InChI=1S/C15H11N3O3/c19-14-12-4-3-11(15(20)21)6-13(12)17-9-18(14)8-10-2-1-5-16-7-10/h1-7,9H,8H2,(H,20,21). The number of pyridine rings is 1. The lowest BCUT2D eigenvalue weighted by atomic mass is 10.1. The van der Waals surface area contributed by atoms with Gasteiger partial charge < -0.3 is 5.11 Å². The third-order valence-corrected chi connectivity index (χ3v) is 3.15. The highest BCUT2D eigenvalue weighted by Gasteiger charge is 2.08. The molecule has 2 aromatic heterocycles. The van der Waals surface area contributed by atoms with Crippen LogP contribution in [0.4, 0.5) is 0 Å². The van der Waals surface area contributed by atoms with E-state index in [2.05, 4.69) is 9.97 Å². The van der Waals surface area contributed by atoms with Crippen molar-refractivity contribution in [1.29, 1.82) is 0 Å². The summed E-state index contributed by atoms with van der Waals surface area (Å²) in [7, 11) is 0. The lowest BCUT2D eigenvalue weighted by molar-refractivity contribution is 0.0697. The number of carboxylic acids is 1. The van der Waals surface area contributed by atoms with Crippen LogP contribution in [0, 0.1) is 0 Å². The number of carbonyl (C=O) groups is 1. The molecule has 1 N–H and O–H groups in total. The average molecular weight is 281 g/mol. The SMILES string of the molecule is O=C(O)c1ccc2c(=O)n(Cc3cccnc3)cnc2c1. The van der Waals surface area contributed by atoms with Crippen LogP contribution in [-0.2, 0) is 6.54 Å². The zero-order valence-electron chi connectivity index (χ0n) is 10.9. The third kappa shape index (κ3) is 2.51. The molecular formula is C15H11N3O3. The van der Waals surface area contributed by atoms with Crippen LogP contribution in [-0.4, -0.2) is 25.6 Å². The van der Waals surface area contributed by atoms with Crippen LogP contribution < -0.4 is 5.56 Å². The zero-order chi connectivity index (χ0) is 14.8. The molecule has 0 saturated carbocycles. The second-order valence-corrected chi connectivity index (χ2v) is 4.58. The summed E-state index contributed by atoms with van der Waals surface area (Å²) in [6.07, 6.45) is 4.77. The number of aromatic carboxylic acids is 1. The summed E-state index contributed by atoms with van der Waals surface area (Å²) < 4.78 is 1.47. The van der Waals surface area contributed by atoms with Crippen molar-refractivity contribution in [1.82, 2.24) is 14.5 Å². The first-order chi connectivity index (χ1) is 10.1. The van der Waals surface area contributed by atoms with Crippen LogP contribution in [0.2, 0.25) is 0 Å². The van der Waals surface area contributed by atoms with Crippen molar-refractivity contribution in [3.05, 3.63) is 70.5 Å². The Morgan fingerprint density at radius 1 is 1.29 bits per heavy atom. The second-order valence-electron chi connectivity index (χ2n) is 4.58. The fourth-order valence-corrected chi connectivity index (χ4v) is 2.09. The quantitative estimate of drug-likeness (QED) is 0.787. The van der Waals surface area contributed by atoms with Crippen LogP contribution >= 0.6 is 0 Å². The van der Waals surface area contributed by atoms with E-state index in [0.717, 1.165) is 5.56 Å². The first-order valence-corrected chi connectivity index (χ1v) is 6.26. The smallest absolute Gasteiger partial charge is 0.335 e. The minimum absolute atomic E-state index is 0.111. The first kappa shape index (κ1) is 13.0. The highest BCUT2D eigenvalue weighted by atomic mass is 16.4. The summed E-state index contributed by atoms with van der Waals surface area (Å²) >= 11 is 0. The van der Waals surface area contributed by atoms with Crippen molar-refractivity contribution in [3.63, 3.8) is 0 Å². The van der Waals surface area contributed by atoms with Gasteiger partial charge in [-0.15, -0.1) is 0 Å². The molecule has 0 aliphatic rings. The Hall–Kier alpha value is -3.02. The number of nitrogens with zero attached hydrogens (tertiary/aromatic N) is 3. The maximum atomic E-state index is 12.4. The summed E-state index contributed by atoms with van der Waals surface area (Å²) in [6.45, 7) is 0.371. The molecule has 3 aromatic rings. The monoisotopic (exact) mass is 281 g/mol. The molecule has 0 unspecified atom stereocenters. The molecule has 21 heavy (non-hydrogen) atoms. The molecule has 0 amide bonds. The molecule has 0 saturated heterocycles. The molecule has 0 atom stereocenters. The molecule has 0 aliphatic heterocycles. The topological polar surface area (TPSA) is 85.1 Å². The molecule has 6 nitrogen and oxygen atoms in total. The number of hydrogen-bond donors (Lipinski definition) is 1. The van der Waals surface area contributed by atoms with Gasteiger partial charge in [0.2, 0.25) is 0 Å². The van der Waals surface area contributed by atoms with Crippen molar-refractivity contribution in [2.45, 2.75) is 6.54 Å². The van der Waals surface area contributed by atoms with E-state index in [9.17, 15) is 9.59 Å². The third-order valence-electron chi connectivity index (χ3n) is 3.15. The van der Waals surface area contributed by atoms with Crippen LogP contribution in [0.3, 0.4) is 0 Å². The van der Waals surface area contributed by atoms with Gasteiger partial charge in [0.15, 0.2) is 0 Å². The van der Waals surface area contributed by atoms with E-state index in [1.165, 1.54) is 29.1 Å². The van der Waals surface area contributed by atoms with Crippen molar-refractivity contribution in [3.8, 4) is 0 Å². The number of rotatable bonds is 3. The Morgan fingerprint density at radius 2 is 2.14 bits per heavy atom. The average Bonchev–Trinajstić information content (AvgIpc) is 2.51. The number of fused-ring (bicyclic) bond motifs is 1. The Kier molecular flexibility index (Phi) is 3.19. The number of carboxylic acid groups (broad SMARTS) is 1. The predicted octanol–water partition coefficient (Wildman–Crippen LogP) is 1.54. The van der Waals surface area contributed by atoms with Crippen LogP contribution in [0.15, 0.2) is 53.8 Å². The van der Waals surface area contributed by atoms with Gasteiger partial charge in [-0.1, -0.05) is 6.07 Å². The first-order valence-electron chi connectivity index (χ1n) is 6.26. The summed E-state index contributed by atoms with van der Waals surface area (Å²) in [5.74, 6) is -1.04. The van der Waals surface area contributed by atoms with E-state index in [4.69, 9.17) is 5.11 Å². The summed E-state index contributed by atoms with van der Waals surface area (Å²) in [5.41, 5.74) is 1.17. The molecule has 3 rings (SSSR count). The highest BCUT2D eigenvalue weighted by molar-refractivity contribution is 5.92. The highest BCUT2D eigenvalue weighted by Crippen LogP contribution is 2.10. The molecule has 2 heterocycles. The summed E-state index contributed by atoms with van der Waals surface area (Å²) in [5, 5.41) is 9.34. The van der Waals surface area contributed by atoms with Gasteiger partial charge in [-0.2, -0.15) is 0 Å². The Morgan fingerprint density at radius 3 is 2.86 bits per heavy atom. The molecule has 1 aromatic carbocycles. The van der Waals surface area contributed by atoms with E-state index in [1.807, 2.05) is 6.07 Å². The lowest BCUT2D eigenvalue weighted by Crippen LogP contribution is -2.21. The molecule has 0 aliphatic carbocycles. The van der Waals surface area contributed by atoms with Gasteiger partial charge in [-0.25, -0.2) is 9.78 Å². The van der Waals surface area contributed by atoms with Crippen LogP contribution in [0.25, 0.3) is 10.9 Å². The van der Waals surface area contributed by atoms with Gasteiger partial charge in [-0.3, -0.25) is 14.3 Å². The number of benzene rings is 1. The predicted molar refractivity (Wildman–Crippen MR) is 76.3 cm³/mol. The number of hydrogen-bond acceptors (Lipinski definition) is 4. The molecular weight excluding hydrogens is 270 g/mol. The van der Waals surface area contributed by atoms with E-state index in [-0.39, 0.29) is 11.1 Å². The number of aromatic nitrogens is 3. The Bertz CT molecular complexity index is 872. The fraction of sp³-hybridized carbons (Fsp3) is 0.0667. The molecule has 0 bridgehead atoms.